The maximum Gasteiger partial charge on any atom is 0.243 e. The Bertz CT molecular complexity index is 860. The Morgan fingerprint density at radius 2 is 1.78 bits per heavy atom. The molecule has 0 amide bonds. The first-order valence-corrected chi connectivity index (χ1v) is 9.78. The van der Waals surface area contributed by atoms with Crippen LogP contribution in [0.25, 0.3) is 0 Å². The molecular formula is C17H16INO3S. The fraction of sp³-hybridized carbons (Fsp3) is 0.235. The Morgan fingerprint density at radius 1 is 1.09 bits per heavy atom. The Balaban J connectivity index is 1.99. The van der Waals surface area contributed by atoms with Crippen molar-refractivity contribution < 1.29 is 13.2 Å². The van der Waals surface area contributed by atoms with Crippen LogP contribution < -0.4 is 0 Å². The predicted octanol–water partition coefficient (Wildman–Crippen LogP) is 3.38. The van der Waals surface area contributed by atoms with Crippen molar-refractivity contribution in [1.82, 2.24) is 4.31 Å². The monoisotopic (exact) mass is 441 g/mol. The van der Waals surface area contributed by atoms with E-state index in [4.69, 9.17) is 0 Å². The van der Waals surface area contributed by atoms with Crippen molar-refractivity contribution in [3.05, 3.63) is 62.7 Å². The number of rotatable bonds is 2. The van der Waals surface area contributed by atoms with E-state index in [-0.39, 0.29) is 30.2 Å². The number of Topliss-reactive ketones (excluding diaryl/α,β-unsaturated/α-hetero) is 1. The van der Waals surface area contributed by atoms with Gasteiger partial charge >= 0.3 is 0 Å². The molecular weight excluding hydrogens is 425 g/mol. The van der Waals surface area contributed by atoms with E-state index < -0.39 is 10.0 Å². The maximum atomic E-state index is 12.8. The molecule has 0 N–H and O–H groups in total. The van der Waals surface area contributed by atoms with Crippen LogP contribution in [-0.2, 0) is 16.6 Å². The molecule has 0 radical (unpaired) electrons. The van der Waals surface area contributed by atoms with Crippen molar-refractivity contribution in [3.8, 4) is 0 Å². The number of benzene rings is 2. The molecule has 23 heavy (non-hydrogen) atoms. The minimum Gasteiger partial charge on any atom is -0.294 e. The molecule has 1 heterocycles. The van der Waals surface area contributed by atoms with Gasteiger partial charge in [0.15, 0.2) is 5.78 Å². The number of sulfonamides is 1. The number of fused-ring (bicyclic) bond motifs is 1. The molecule has 0 aliphatic carbocycles. The Labute approximate surface area is 149 Å². The van der Waals surface area contributed by atoms with Gasteiger partial charge in [0.1, 0.15) is 0 Å². The number of aryl methyl sites for hydroxylation is 1. The quantitative estimate of drug-likeness (QED) is 0.672. The summed E-state index contributed by atoms with van der Waals surface area (Å²) in [6.07, 6.45) is 0.207. The van der Waals surface area contributed by atoms with Gasteiger partial charge in [-0.05, 0) is 59.3 Å². The zero-order valence-electron chi connectivity index (χ0n) is 12.6. The predicted molar refractivity (Wildman–Crippen MR) is 96.9 cm³/mol. The fourth-order valence-corrected chi connectivity index (χ4v) is 4.55. The summed E-state index contributed by atoms with van der Waals surface area (Å²) < 4.78 is 28.1. The van der Waals surface area contributed by atoms with Gasteiger partial charge < -0.3 is 0 Å². The maximum absolute atomic E-state index is 12.8. The average molecular weight is 441 g/mol. The zero-order valence-corrected chi connectivity index (χ0v) is 15.6. The molecule has 0 aromatic heterocycles. The Kier molecular flexibility index (Phi) is 4.57. The highest BCUT2D eigenvalue weighted by atomic mass is 127. The number of hydrogen-bond acceptors (Lipinski definition) is 3. The van der Waals surface area contributed by atoms with E-state index in [0.29, 0.717) is 5.56 Å². The highest BCUT2D eigenvalue weighted by molar-refractivity contribution is 14.1. The lowest BCUT2D eigenvalue weighted by molar-refractivity contribution is 0.0981. The molecule has 0 saturated heterocycles. The minimum absolute atomic E-state index is 0.000113. The second-order valence-electron chi connectivity index (χ2n) is 5.63. The first kappa shape index (κ1) is 16.6. The van der Waals surface area contributed by atoms with Crippen molar-refractivity contribution in [2.24, 2.45) is 0 Å². The van der Waals surface area contributed by atoms with Crippen LogP contribution in [0.1, 0.15) is 27.9 Å². The van der Waals surface area contributed by atoms with Gasteiger partial charge in [-0.1, -0.05) is 23.8 Å². The summed E-state index contributed by atoms with van der Waals surface area (Å²) in [5.74, 6) is 0.000113. The molecule has 3 rings (SSSR count). The molecule has 2 aromatic carbocycles. The summed E-state index contributed by atoms with van der Waals surface area (Å²) >= 11 is 2.16. The summed E-state index contributed by atoms with van der Waals surface area (Å²) in [5.41, 5.74) is 2.41. The van der Waals surface area contributed by atoms with Crippen LogP contribution in [-0.4, -0.2) is 25.1 Å². The second-order valence-corrected chi connectivity index (χ2v) is 8.81. The molecule has 4 nitrogen and oxygen atoms in total. The highest BCUT2D eigenvalue weighted by Crippen LogP contribution is 2.25. The number of carbonyl (C=O) groups is 1. The van der Waals surface area contributed by atoms with E-state index in [1.807, 2.05) is 25.1 Å². The van der Waals surface area contributed by atoms with Crippen molar-refractivity contribution in [1.29, 1.82) is 0 Å². The SMILES string of the molecule is Cc1ccc(S(=O)(=O)N2CCC(=O)c3cc(I)ccc3C2)cc1. The van der Waals surface area contributed by atoms with Gasteiger partial charge in [0.25, 0.3) is 0 Å². The molecule has 2 aromatic rings. The van der Waals surface area contributed by atoms with Crippen LogP contribution in [0.5, 0.6) is 0 Å². The van der Waals surface area contributed by atoms with Crippen LogP contribution in [0.4, 0.5) is 0 Å². The lowest BCUT2D eigenvalue weighted by Crippen LogP contribution is -2.31. The minimum atomic E-state index is -3.60. The lowest BCUT2D eigenvalue weighted by Gasteiger charge is -2.20. The van der Waals surface area contributed by atoms with Gasteiger partial charge in [-0.2, -0.15) is 4.31 Å². The fourth-order valence-electron chi connectivity index (χ4n) is 2.64. The highest BCUT2D eigenvalue weighted by Gasteiger charge is 2.29. The van der Waals surface area contributed by atoms with Crippen LogP contribution in [0, 0.1) is 10.5 Å². The van der Waals surface area contributed by atoms with Gasteiger partial charge in [-0.15, -0.1) is 0 Å². The van der Waals surface area contributed by atoms with E-state index >= 15 is 0 Å². The van der Waals surface area contributed by atoms with Crippen molar-refractivity contribution in [3.63, 3.8) is 0 Å². The summed E-state index contributed by atoms with van der Waals surface area (Å²) in [5, 5.41) is 0. The average Bonchev–Trinajstić information content (AvgIpc) is 2.68. The number of halogens is 1. The first-order chi connectivity index (χ1) is 10.9. The van der Waals surface area contributed by atoms with Crippen LogP contribution in [0.3, 0.4) is 0 Å². The van der Waals surface area contributed by atoms with Crippen LogP contribution in [0.15, 0.2) is 47.4 Å². The summed E-state index contributed by atoms with van der Waals surface area (Å²) in [6, 6.07) is 12.4. The van der Waals surface area contributed by atoms with E-state index in [9.17, 15) is 13.2 Å². The molecule has 1 aliphatic rings. The van der Waals surface area contributed by atoms with Gasteiger partial charge in [0, 0.05) is 28.6 Å². The second kappa shape index (κ2) is 6.33. The smallest absolute Gasteiger partial charge is 0.243 e. The molecule has 0 spiro atoms. The number of hydrogen-bond donors (Lipinski definition) is 0. The standard InChI is InChI=1S/C17H16INO3S/c1-12-2-6-15(7-3-12)23(21,22)19-9-8-17(20)16-10-14(18)5-4-13(16)11-19/h2-7,10H,8-9,11H2,1H3. The molecule has 6 heteroatoms. The Morgan fingerprint density at radius 3 is 2.48 bits per heavy atom. The van der Waals surface area contributed by atoms with Crippen molar-refractivity contribution >= 4 is 38.4 Å². The van der Waals surface area contributed by atoms with Gasteiger partial charge in [-0.25, -0.2) is 8.42 Å². The first-order valence-electron chi connectivity index (χ1n) is 7.26. The summed E-state index contributed by atoms with van der Waals surface area (Å²) in [7, 11) is -3.60. The molecule has 0 atom stereocenters. The molecule has 0 fully saturated rings. The topological polar surface area (TPSA) is 54.5 Å². The third-order valence-electron chi connectivity index (χ3n) is 3.97. The van der Waals surface area contributed by atoms with Crippen LogP contribution >= 0.6 is 22.6 Å². The van der Waals surface area contributed by atoms with E-state index in [1.165, 1.54) is 4.31 Å². The third-order valence-corrected chi connectivity index (χ3v) is 6.50. The molecule has 0 bridgehead atoms. The number of ketones is 1. The van der Waals surface area contributed by atoms with Gasteiger partial charge in [0.2, 0.25) is 10.0 Å². The van der Waals surface area contributed by atoms with E-state index in [2.05, 4.69) is 22.6 Å². The van der Waals surface area contributed by atoms with Gasteiger partial charge in [-0.3, -0.25) is 4.79 Å². The van der Waals surface area contributed by atoms with Crippen LogP contribution in [0.2, 0.25) is 0 Å². The number of carbonyl (C=O) groups excluding carboxylic acids is 1. The normalized spacial score (nSPS) is 16.0. The number of nitrogens with zero attached hydrogens (tertiary/aromatic N) is 1. The van der Waals surface area contributed by atoms with E-state index in [1.54, 1.807) is 24.3 Å². The summed E-state index contributed by atoms with van der Waals surface area (Å²) in [6.45, 7) is 2.35. The zero-order chi connectivity index (χ0) is 16.6. The van der Waals surface area contributed by atoms with E-state index in [0.717, 1.165) is 14.7 Å². The molecule has 0 saturated carbocycles. The lowest BCUT2D eigenvalue weighted by atomic mass is 10.0. The largest absolute Gasteiger partial charge is 0.294 e. The molecule has 1 aliphatic heterocycles. The molecule has 0 unspecified atom stereocenters. The van der Waals surface area contributed by atoms with Gasteiger partial charge in [0.05, 0.1) is 4.90 Å². The molecule has 120 valence electrons. The van der Waals surface area contributed by atoms with Crippen molar-refractivity contribution in [2.75, 3.05) is 6.54 Å². The Hall–Kier alpha value is -1.25. The third kappa shape index (κ3) is 3.34. The van der Waals surface area contributed by atoms with Crippen molar-refractivity contribution in [2.45, 2.75) is 24.8 Å². The summed E-state index contributed by atoms with van der Waals surface area (Å²) in [4.78, 5) is 12.6.